The number of benzene rings is 1. The van der Waals surface area contributed by atoms with Gasteiger partial charge in [0.2, 0.25) is 21.8 Å². The van der Waals surface area contributed by atoms with Gasteiger partial charge in [0, 0.05) is 24.8 Å². The molecule has 9 heteroatoms. The molecule has 1 aliphatic rings. The Bertz CT molecular complexity index is 789. The lowest BCUT2D eigenvalue weighted by Gasteiger charge is -2.26. The maximum absolute atomic E-state index is 12.8. The molecular weight excluding hydrogens is 380 g/mol. The van der Waals surface area contributed by atoms with E-state index in [1.54, 1.807) is 30.1 Å². The first kappa shape index (κ1) is 22.3. The summed E-state index contributed by atoms with van der Waals surface area (Å²) in [5.74, 6) is -0.465. The minimum Gasteiger partial charge on any atom is -0.353 e. The first-order chi connectivity index (χ1) is 13.2. The third-order valence-corrected chi connectivity index (χ3v) is 6.24. The Morgan fingerprint density at radius 2 is 1.75 bits per heavy atom. The van der Waals surface area contributed by atoms with E-state index >= 15 is 0 Å². The van der Waals surface area contributed by atoms with Crippen LogP contribution < -0.4 is 10.6 Å². The quantitative estimate of drug-likeness (QED) is 0.672. The van der Waals surface area contributed by atoms with Gasteiger partial charge >= 0.3 is 0 Å². The number of likely N-dealkylation sites (N-methyl/N-ethyl adjacent to an activating group) is 1. The number of hydrogen-bond acceptors (Lipinski definition) is 5. The molecule has 2 amide bonds. The lowest BCUT2D eigenvalue weighted by molar-refractivity contribution is -0.123. The molecule has 1 aliphatic heterocycles. The standard InChI is InChI=1S/C19H30N4O4S/c1-15(2)20-18(24)13-22(3)14-19(25)21-16-8-7-9-17(12-16)28(26,27)23-10-5-4-6-11-23/h7-9,12,15H,4-6,10-11,13-14H2,1-3H3,(H,20,24)(H,21,25). The molecule has 1 heterocycles. The Morgan fingerprint density at radius 1 is 1.11 bits per heavy atom. The second-order valence-corrected chi connectivity index (χ2v) is 9.37. The summed E-state index contributed by atoms with van der Waals surface area (Å²) < 4.78 is 27.0. The van der Waals surface area contributed by atoms with Gasteiger partial charge in [-0.15, -0.1) is 0 Å². The Hall–Kier alpha value is -1.97. The molecule has 1 fully saturated rings. The second kappa shape index (κ2) is 9.99. The van der Waals surface area contributed by atoms with Gasteiger partial charge in [-0.2, -0.15) is 4.31 Å². The van der Waals surface area contributed by atoms with Crippen LogP contribution >= 0.6 is 0 Å². The summed E-state index contributed by atoms with van der Waals surface area (Å²) in [6.45, 7) is 4.93. The number of amides is 2. The van der Waals surface area contributed by atoms with Crippen LogP contribution in [0.4, 0.5) is 5.69 Å². The molecular formula is C19H30N4O4S. The van der Waals surface area contributed by atoms with Crippen molar-refractivity contribution in [3.05, 3.63) is 24.3 Å². The average molecular weight is 411 g/mol. The number of nitrogens with one attached hydrogen (secondary N) is 2. The summed E-state index contributed by atoms with van der Waals surface area (Å²) in [4.78, 5) is 25.8. The van der Waals surface area contributed by atoms with Crippen molar-refractivity contribution in [2.45, 2.75) is 44.0 Å². The Labute approximate surface area is 167 Å². The van der Waals surface area contributed by atoms with Gasteiger partial charge in [-0.05, 0) is 51.9 Å². The van der Waals surface area contributed by atoms with Crippen LogP contribution in [0.2, 0.25) is 0 Å². The Balaban J connectivity index is 1.96. The van der Waals surface area contributed by atoms with E-state index in [1.165, 1.54) is 10.4 Å². The highest BCUT2D eigenvalue weighted by molar-refractivity contribution is 7.89. The summed E-state index contributed by atoms with van der Waals surface area (Å²) in [6.07, 6.45) is 2.78. The number of carbonyl (C=O) groups is 2. The van der Waals surface area contributed by atoms with E-state index < -0.39 is 10.0 Å². The maximum Gasteiger partial charge on any atom is 0.243 e. The van der Waals surface area contributed by atoms with Gasteiger partial charge in [0.15, 0.2) is 0 Å². The average Bonchev–Trinajstić information content (AvgIpc) is 2.61. The molecule has 1 aromatic rings. The highest BCUT2D eigenvalue weighted by Crippen LogP contribution is 2.22. The van der Waals surface area contributed by atoms with Crippen molar-refractivity contribution in [3.63, 3.8) is 0 Å². The van der Waals surface area contributed by atoms with Crippen LogP contribution in [0.15, 0.2) is 29.2 Å². The van der Waals surface area contributed by atoms with Crippen LogP contribution in [0.3, 0.4) is 0 Å². The number of nitrogens with zero attached hydrogens (tertiary/aromatic N) is 2. The molecule has 0 spiro atoms. The maximum atomic E-state index is 12.8. The summed E-state index contributed by atoms with van der Waals surface area (Å²) >= 11 is 0. The van der Waals surface area contributed by atoms with Crippen LogP contribution in [0.5, 0.6) is 0 Å². The third-order valence-electron chi connectivity index (χ3n) is 4.35. The van der Waals surface area contributed by atoms with Crippen molar-refractivity contribution in [2.75, 3.05) is 38.5 Å². The lowest BCUT2D eigenvalue weighted by atomic mass is 10.2. The number of hydrogen-bond donors (Lipinski definition) is 2. The smallest absolute Gasteiger partial charge is 0.243 e. The van der Waals surface area contributed by atoms with E-state index in [-0.39, 0.29) is 35.8 Å². The van der Waals surface area contributed by atoms with Crippen LogP contribution in [0, 0.1) is 0 Å². The number of sulfonamides is 1. The molecule has 156 valence electrons. The van der Waals surface area contributed by atoms with E-state index in [1.807, 2.05) is 13.8 Å². The summed E-state index contributed by atoms with van der Waals surface area (Å²) in [7, 11) is -1.87. The molecule has 2 N–H and O–H groups in total. The van der Waals surface area contributed by atoms with Crippen molar-refractivity contribution in [1.82, 2.24) is 14.5 Å². The highest BCUT2D eigenvalue weighted by atomic mass is 32.2. The normalized spacial score (nSPS) is 15.6. The Morgan fingerprint density at radius 3 is 2.39 bits per heavy atom. The molecule has 0 aliphatic carbocycles. The second-order valence-electron chi connectivity index (χ2n) is 7.44. The molecule has 0 unspecified atom stereocenters. The first-order valence-electron chi connectivity index (χ1n) is 9.56. The van der Waals surface area contributed by atoms with Gasteiger partial charge in [-0.3, -0.25) is 14.5 Å². The van der Waals surface area contributed by atoms with E-state index in [2.05, 4.69) is 10.6 Å². The van der Waals surface area contributed by atoms with Gasteiger partial charge < -0.3 is 10.6 Å². The van der Waals surface area contributed by atoms with E-state index in [0.29, 0.717) is 18.8 Å². The van der Waals surface area contributed by atoms with Crippen LogP contribution in [0.1, 0.15) is 33.1 Å². The molecule has 0 bridgehead atoms. The molecule has 0 aromatic heterocycles. The van der Waals surface area contributed by atoms with E-state index in [4.69, 9.17) is 0 Å². The number of anilines is 1. The van der Waals surface area contributed by atoms with Crippen molar-refractivity contribution >= 4 is 27.5 Å². The van der Waals surface area contributed by atoms with Crippen molar-refractivity contribution in [3.8, 4) is 0 Å². The summed E-state index contributed by atoms with van der Waals surface area (Å²) in [6, 6.07) is 6.33. The van der Waals surface area contributed by atoms with Gasteiger partial charge in [-0.1, -0.05) is 12.5 Å². The molecule has 2 rings (SSSR count). The van der Waals surface area contributed by atoms with Gasteiger partial charge in [-0.25, -0.2) is 8.42 Å². The van der Waals surface area contributed by atoms with Crippen molar-refractivity contribution in [1.29, 1.82) is 0 Å². The SMILES string of the molecule is CC(C)NC(=O)CN(C)CC(=O)Nc1cccc(S(=O)(=O)N2CCCCC2)c1. The molecule has 0 saturated carbocycles. The molecule has 0 atom stereocenters. The molecule has 1 saturated heterocycles. The van der Waals surface area contributed by atoms with Crippen molar-refractivity contribution in [2.24, 2.45) is 0 Å². The predicted molar refractivity (Wildman–Crippen MR) is 108 cm³/mol. The fourth-order valence-corrected chi connectivity index (χ4v) is 4.67. The van der Waals surface area contributed by atoms with Crippen LogP contribution in [0.25, 0.3) is 0 Å². The molecule has 8 nitrogen and oxygen atoms in total. The van der Waals surface area contributed by atoms with Crippen LogP contribution in [-0.2, 0) is 19.6 Å². The minimum absolute atomic E-state index is 0.0224. The third kappa shape index (κ3) is 6.57. The predicted octanol–water partition coefficient (Wildman–Crippen LogP) is 1.26. The van der Waals surface area contributed by atoms with Crippen LogP contribution in [-0.4, -0.2) is 68.7 Å². The summed E-state index contributed by atoms with van der Waals surface area (Å²) in [5, 5.41) is 5.48. The monoisotopic (exact) mass is 410 g/mol. The molecule has 0 radical (unpaired) electrons. The number of carbonyl (C=O) groups excluding carboxylic acids is 2. The zero-order valence-electron chi connectivity index (χ0n) is 16.8. The van der Waals surface area contributed by atoms with E-state index in [0.717, 1.165) is 19.3 Å². The topological polar surface area (TPSA) is 98.8 Å². The lowest BCUT2D eigenvalue weighted by Crippen LogP contribution is -2.41. The largest absolute Gasteiger partial charge is 0.353 e. The minimum atomic E-state index is -3.55. The van der Waals surface area contributed by atoms with Crippen molar-refractivity contribution < 1.29 is 18.0 Å². The fraction of sp³-hybridized carbons (Fsp3) is 0.579. The summed E-state index contributed by atoms with van der Waals surface area (Å²) in [5.41, 5.74) is 0.420. The number of rotatable bonds is 8. The first-order valence-corrected chi connectivity index (χ1v) is 11.0. The number of piperidine rings is 1. The highest BCUT2D eigenvalue weighted by Gasteiger charge is 2.26. The Kier molecular flexibility index (Phi) is 7.97. The van der Waals surface area contributed by atoms with E-state index in [9.17, 15) is 18.0 Å². The van der Waals surface area contributed by atoms with Gasteiger partial charge in [0.1, 0.15) is 0 Å². The fourth-order valence-electron chi connectivity index (χ4n) is 3.10. The van der Waals surface area contributed by atoms with Gasteiger partial charge in [0.25, 0.3) is 0 Å². The zero-order chi connectivity index (χ0) is 20.7. The molecule has 28 heavy (non-hydrogen) atoms. The zero-order valence-corrected chi connectivity index (χ0v) is 17.6. The van der Waals surface area contributed by atoms with Gasteiger partial charge in [0.05, 0.1) is 18.0 Å². The molecule has 1 aromatic carbocycles.